The summed E-state index contributed by atoms with van der Waals surface area (Å²) in [7, 11) is 0. The summed E-state index contributed by atoms with van der Waals surface area (Å²) in [5.74, 6) is 1.30. The van der Waals surface area contributed by atoms with Crippen LogP contribution in [0, 0.1) is 11.8 Å². The second kappa shape index (κ2) is 5.13. The van der Waals surface area contributed by atoms with E-state index >= 15 is 0 Å². The van der Waals surface area contributed by atoms with Crippen LogP contribution >= 0.6 is 12.6 Å². The van der Waals surface area contributed by atoms with Gasteiger partial charge in [-0.25, -0.2) is 0 Å². The Bertz CT molecular complexity index is 408. The number of rotatable bonds is 1. The van der Waals surface area contributed by atoms with Crippen molar-refractivity contribution in [2.24, 2.45) is 11.8 Å². The van der Waals surface area contributed by atoms with Gasteiger partial charge in [0.1, 0.15) is 0 Å². The Labute approximate surface area is 108 Å². The number of hydrogen-bond donors (Lipinski definition) is 1. The van der Waals surface area contributed by atoms with E-state index in [9.17, 15) is 4.79 Å². The van der Waals surface area contributed by atoms with E-state index in [4.69, 9.17) is 0 Å². The molecule has 1 aliphatic heterocycles. The molecular weight excluding hydrogens is 230 g/mol. The largest absolute Gasteiger partial charge is 0.338 e. The van der Waals surface area contributed by atoms with Gasteiger partial charge < -0.3 is 4.90 Å². The van der Waals surface area contributed by atoms with Crippen LogP contribution in [0.15, 0.2) is 29.2 Å². The number of nitrogens with zero attached hydrogens (tertiary/aromatic N) is 1. The van der Waals surface area contributed by atoms with Crippen LogP contribution in [0.25, 0.3) is 0 Å². The number of carbonyl (C=O) groups is 1. The Morgan fingerprint density at radius 2 is 1.82 bits per heavy atom. The fourth-order valence-electron chi connectivity index (χ4n) is 2.65. The lowest BCUT2D eigenvalue weighted by Crippen LogP contribution is -2.42. The molecule has 1 amide bonds. The Hall–Kier alpha value is -0.960. The number of carbonyl (C=O) groups excluding carboxylic acids is 1. The molecule has 1 fully saturated rings. The lowest BCUT2D eigenvalue weighted by atomic mass is 9.91. The summed E-state index contributed by atoms with van der Waals surface area (Å²) in [6, 6.07) is 7.52. The molecule has 1 saturated heterocycles. The van der Waals surface area contributed by atoms with Gasteiger partial charge in [-0.15, -0.1) is 12.6 Å². The summed E-state index contributed by atoms with van der Waals surface area (Å²) >= 11 is 4.35. The molecule has 0 aromatic heterocycles. The van der Waals surface area contributed by atoms with Crippen LogP contribution in [-0.4, -0.2) is 23.9 Å². The van der Waals surface area contributed by atoms with E-state index in [1.165, 1.54) is 6.42 Å². The molecule has 0 saturated carbocycles. The number of hydrogen-bond acceptors (Lipinski definition) is 2. The zero-order valence-corrected chi connectivity index (χ0v) is 11.3. The van der Waals surface area contributed by atoms with E-state index in [0.29, 0.717) is 11.8 Å². The molecule has 1 aliphatic rings. The van der Waals surface area contributed by atoms with Crippen molar-refractivity contribution >= 4 is 18.5 Å². The lowest BCUT2D eigenvalue weighted by Gasteiger charge is -2.35. The van der Waals surface area contributed by atoms with E-state index in [-0.39, 0.29) is 5.91 Å². The highest BCUT2D eigenvalue weighted by Crippen LogP contribution is 2.24. The average molecular weight is 249 g/mol. The summed E-state index contributed by atoms with van der Waals surface area (Å²) in [6.07, 6.45) is 1.21. The first-order valence-corrected chi connectivity index (χ1v) is 6.60. The van der Waals surface area contributed by atoms with Gasteiger partial charge in [0, 0.05) is 18.0 Å². The highest BCUT2D eigenvalue weighted by molar-refractivity contribution is 7.80. The molecule has 2 rings (SSSR count). The maximum Gasteiger partial charge on any atom is 0.254 e. The number of amides is 1. The van der Waals surface area contributed by atoms with E-state index in [1.54, 1.807) is 0 Å². The Morgan fingerprint density at radius 3 is 2.41 bits per heavy atom. The zero-order valence-electron chi connectivity index (χ0n) is 10.4. The third-order valence-electron chi connectivity index (χ3n) is 3.29. The molecule has 0 N–H and O–H groups in total. The van der Waals surface area contributed by atoms with Crippen molar-refractivity contribution in [2.75, 3.05) is 13.1 Å². The third kappa shape index (κ3) is 2.83. The van der Waals surface area contributed by atoms with Gasteiger partial charge in [0.25, 0.3) is 5.91 Å². The van der Waals surface area contributed by atoms with Gasteiger partial charge in [-0.05, 0) is 30.4 Å². The molecule has 2 unspecified atom stereocenters. The van der Waals surface area contributed by atoms with Crippen LogP contribution in [-0.2, 0) is 0 Å². The summed E-state index contributed by atoms with van der Waals surface area (Å²) < 4.78 is 0. The predicted molar refractivity (Wildman–Crippen MR) is 72.5 cm³/mol. The summed E-state index contributed by atoms with van der Waals surface area (Å²) in [5, 5.41) is 0. The lowest BCUT2D eigenvalue weighted by molar-refractivity contribution is 0.0619. The minimum absolute atomic E-state index is 0.119. The fourth-order valence-corrected chi connectivity index (χ4v) is 2.91. The molecule has 1 aromatic rings. The van der Waals surface area contributed by atoms with Crippen molar-refractivity contribution in [3.8, 4) is 0 Å². The van der Waals surface area contributed by atoms with Crippen molar-refractivity contribution in [3.05, 3.63) is 29.8 Å². The molecule has 3 heteroatoms. The van der Waals surface area contributed by atoms with E-state index in [2.05, 4.69) is 26.5 Å². The molecule has 0 bridgehead atoms. The summed E-state index contributed by atoms with van der Waals surface area (Å²) in [6.45, 7) is 6.15. The Kier molecular flexibility index (Phi) is 3.77. The van der Waals surface area contributed by atoms with Gasteiger partial charge in [-0.1, -0.05) is 26.0 Å². The minimum Gasteiger partial charge on any atom is -0.338 e. The van der Waals surface area contributed by atoms with Crippen LogP contribution in [0.5, 0.6) is 0 Å². The molecule has 0 spiro atoms. The van der Waals surface area contributed by atoms with Gasteiger partial charge in [-0.3, -0.25) is 4.79 Å². The van der Waals surface area contributed by atoms with Crippen molar-refractivity contribution in [1.29, 1.82) is 0 Å². The normalized spacial score (nSPS) is 24.8. The van der Waals surface area contributed by atoms with Gasteiger partial charge in [0.2, 0.25) is 0 Å². The standard InChI is InChI=1S/C14H19NOS/c1-10-7-11(2)9-15(8-10)14(16)12-5-3-4-6-13(12)17/h3-6,10-11,17H,7-9H2,1-2H3. The maximum absolute atomic E-state index is 12.4. The first-order valence-electron chi connectivity index (χ1n) is 6.15. The first-order chi connectivity index (χ1) is 8.08. The summed E-state index contributed by atoms with van der Waals surface area (Å²) in [5.41, 5.74) is 0.720. The first kappa shape index (κ1) is 12.5. The zero-order chi connectivity index (χ0) is 12.4. The molecule has 2 atom stereocenters. The van der Waals surface area contributed by atoms with E-state index < -0.39 is 0 Å². The number of piperidine rings is 1. The number of benzene rings is 1. The SMILES string of the molecule is CC1CC(C)CN(C(=O)c2ccccc2S)C1. The van der Waals surface area contributed by atoms with Crippen LogP contribution < -0.4 is 0 Å². The molecule has 2 nitrogen and oxygen atoms in total. The van der Waals surface area contributed by atoms with Crippen molar-refractivity contribution < 1.29 is 4.79 Å². The molecular formula is C14H19NOS. The van der Waals surface area contributed by atoms with Crippen molar-refractivity contribution in [3.63, 3.8) is 0 Å². The molecule has 17 heavy (non-hydrogen) atoms. The van der Waals surface area contributed by atoms with Crippen molar-refractivity contribution in [1.82, 2.24) is 4.90 Å². The van der Waals surface area contributed by atoms with Crippen molar-refractivity contribution in [2.45, 2.75) is 25.2 Å². The third-order valence-corrected chi connectivity index (χ3v) is 3.68. The van der Waals surface area contributed by atoms with E-state index in [1.807, 2.05) is 29.2 Å². The quantitative estimate of drug-likeness (QED) is 0.758. The second-order valence-corrected chi connectivity index (χ2v) is 5.66. The molecule has 0 aliphatic carbocycles. The van der Waals surface area contributed by atoms with Gasteiger partial charge in [0.05, 0.1) is 5.56 Å². The number of likely N-dealkylation sites (tertiary alicyclic amines) is 1. The number of thiol groups is 1. The van der Waals surface area contributed by atoms with Gasteiger partial charge in [0.15, 0.2) is 0 Å². The smallest absolute Gasteiger partial charge is 0.254 e. The molecule has 1 heterocycles. The van der Waals surface area contributed by atoms with Crippen LogP contribution in [0.4, 0.5) is 0 Å². The van der Waals surface area contributed by atoms with Crippen LogP contribution in [0.2, 0.25) is 0 Å². The van der Waals surface area contributed by atoms with Gasteiger partial charge >= 0.3 is 0 Å². The second-order valence-electron chi connectivity index (χ2n) is 5.17. The monoisotopic (exact) mass is 249 g/mol. The molecule has 1 aromatic carbocycles. The highest BCUT2D eigenvalue weighted by atomic mass is 32.1. The van der Waals surface area contributed by atoms with Gasteiger partial charge in [-0.2, -0.15) is 0 Å². The topological polar surface area (TPSA) is 20.3 Å². The summed E-state index contributed by atoms with van der Waals surface area (Å²) in [4.78, 5) is 15.1. The molecule has 92 valence electrons. The fraction of sp³-hybridized carbons (Fsp3) is 0.500. The van der Waals surface area contributed by atoms with E-state index in [0.717, 1.165) is 23.5 Å². The molecule has 0 radical (unpaired) electrons. The highest BCUT2D eigenvalue weighted by Gasteiger charge is 2.26. The minimum atomic E-state index is 0.119. The average Bonchev–Trinajstić information content (AvgIpc) is 2.27. The Balaban J connectivity index is 2.17. The van der Waals surface area contributed by atoms with Crippen LogP contribution in [0.1, 0.15) is 30.6 Å². The Morgan fingerprint density at radius 1 is 1.24 bits per heavy atom. The predicted octanol–water partition coefficient (Wildman–Crippen LogP) is 3.09. The van der Waals surface area contributed by atoms with Crippen LogP contribution in [0.3, 0.4) is 0 Å². The maximum atomic E-state index is 12.4.